The number of rotatable bonds is 3. The number of nitrogens with one attached hydrogen (secondary N) is 2. The lowest BCUT2D eigenvalue weighted by Crippen LogP contribution is -2.60. The van der Waals surface area contributed by atoms with E-state index in [1.807, 2.05) is 24.3 Å². The van der Waals surface area contributed by atoms with Crippen LogP contribution in [-0.4, -0.2) is 24.0 Å². The van der Waals surface area contributed by atoms with Gasteiger partial charge in [-0.25, -0.2) is 0 Å². The molecule has 4 fully saturated rings. The van der Waals surface area contributed by atoms with Crippen LogP contribution < -0.4 is 10.6 Å². The number of anilines is 1. The quantitative estimate of drug-likeness (QED) is 0.877. The Hall–Kier alpha value is -2.30. The molecular formula is C21H25N3O2. The highest BCUT2D eigenvalue weighted by molar-refractivity contribution is 6.02. The number of para-hydroxylation sites is 1. The molecule has 2 N–H and O–H groups in total. The summed E-state index contributed by atoms with van der Waals surface area (Å²) in [6.07, 6.45) is 7.55. The Morgan fingerprint density at radius 2 is 1.85 bits per heavy atom. The van der Waals surface area contributed by atoms with Crippen LogP contribution in [-0.2, 0) is 9.53 Å². The summed E-state index contributed by atoms with van der Waals surface area (Å²) in [7, 11) is 0. The van der Waals surface area contributed by atoms with Crippen molar-refractivity contribution >= 4 is 17.5 Å². The van der Waals surface area contributed by atoms with E-state index >= 15 is 0 Å². The lowest BCUT2D eigenvalue weighted by molar-refractivity contribution is -0.129. The minimum Gasteiger partial charge on any atom is -0.467 e. The average molecular weight is 351 g/mol. The standard InChI is InChI=1S/C21H25N3O2/c1-13-22-18-5-3-2-4-17(18)20(23-13)26-12-19(25)24-21-9-14-6-15(10-21)8-16(7-14)11-21/h2-5,14-16,22H,1,6-12H2,(H,24,25). The van der Waals surface area contributed by atoms with Crippen molar-refractivity contribution in [2.24, 2.45) is 22.7 Å². The summed E-state index contributed by atoms with van der Waals surface area (Å²) < 4.78 is 5.79. The first kappa shape index (κ1) is 15.9. The summed E-state index contributed by atoms with van der Waals surface area (Å²) in [6.45, 7) is 3.86. The SMILES string of the molecule is C=C1N=C(OCC(=O)NC23CC4CC(CC(C4)C2)C3)c2ccccc2N1. The molecule has 26 heavy (non-hydrogen) atoms. The summed E-state index contributed by atoms with van der Waals surface area (Å²) in [6, 6.07) is 7.77. The van der Waals surface area contributed by atoms with E-state index in [9.17, 15) is 4.79 Å². The Kier molecular flexibility index (Phi) is 3.59. The number of hydrogen-bond acceptors (Lipinski definition) is 4. The van der Waals surface area contributed by atoms with Gasteiger partial charge in [-0.15, -0.1) is 0 Å². The van der Waals surface area contributed by atoms with Gasteiger partial charge in [-0.1, -0.05) is 18.7 Å². The van der Waals surface area contributed by atoms with Gasteiger partial charge in [0.25, 0.3) is 5.91 Å². The van der Waals surface area contributed by atoms with E-state index in [1.54, 1.807) is 0 Å². The van der Waals surface area contributed by atoms with Gasteiger partial charge in [-0.05, 0) is 68.4 Å². The van der Waals surface area contributed by atoms with Gasteiger partial charge in [-0.3, -0.25) is 4.79 Å². The fraction of sp³-hybridized carbons (Fsp3) is 0.524. The molecule has 5 nitrogen and oxygen atoms in total. The summed E-state index contributed by atoms with van der Waals surface area (Å²) in [5.74, 6) is 3.39. The van der Waals surface area contributed by atoms with E-state index in [0.29, 0.717) is 11.7 Å². The zero-order valence-corrected chi connectivity index (χ0v) is 15.0. The normalized spacial score (nSPS) is 33.9. The third kappa shape index (κ3) is 2.79. The van der Waals surface area contributed by atoms with Crippen molar-refractivity contribution < 1.29 is 9.53 Å². The van der Waals surface area contributed by atoms with Crippen LogP contribution in [0.2, 0.25) is 0 Å². The molecule has 0 radical (unpaired) electrons. The number of amides is 1. The van der Waals surface area contributed by atoms with E-state index in [0.717, 1.165) is 48.3 Å². The Balaban J connectivity index is 1.25. The predicted molar refractivity (Wildman–Crippen MR) is 101 cm³/mol. The first-order chi connectivity index (χ1) is 12.6. The molecule has 4 aliphatic carbocycles. The minimum atomic E-state index is -0.0312. The number of nitrogens with zero attached hydrogens (tertiary/aromatic N) is 1. The van der Waals surface area contributed by atoms with Gasteiger partial charge in [-0.2, -0.15) is 4.99 Å². The number of carbonyl (C=O) groups is 1. The topological polar surface area (TPSA) is 62.7 Å². The van der Waals surface area contributed by atoms with Crippen LogP contribution in [0.15, 0.2) is 41.7 Å². The van der Waals surface area contributed by atoms with Gasteiger partial charge < -0.3 is 15.4 Å². The average Bonchev–Trinajstić information content (AvgIpc) is 2.58. The van der Waals surface area contributed by atoms with Crippen molar-refractivity contribution in [2.75, 3.05) is 11.9 Å². The molecule has 0 unspecified atom stereocenters. The van der Waals surface area contributed by atoms with Gasteiger partial charge in [0.15, 0.2) is 6.61 Å². The summed E-state index contributed by atoms with van der Waals surface area (Å²) in [5.41, 5.74) is 1.79. The van der Waals surface area contributed by atoms with Gasteiger partial charge in [0.1, 0.15) is 5.82 Å². The molecule has 4 bridgehead atoms. The van der Waals surface area contributed by atoms with E-state index in [-0.39, 0.29) is 18.1 Å². The molecule has 0 atom stereocenters. The molecule has 0 aromatic heterocycles. The van der Waals surface area contributed by atoms with Crippen LogP contribution in [0.4, 0.5) is 5.69 Å². The van der Waals surface area contributed by atoms with E-state index in [4.69, 9.17) is 4.74 Å². The van der Waals surface area contributed by atoms with Crippen LogP contribution in [0, 0.1) is 17.8 Å². The Morgan fingerprint density at radius 1 is 1.19 bits per heavy atom. The molecular weight excluding hydrogens is 326 g/mol. The monoisotopic (exact) mass is 351 g/mol. The predicted octanol–water partition coefficient (Wildman–Crippen LogP) is 3.43. The van der Waals surface area contributed by atoms with Crippen molar-refractivity contribution in [1.29, 1.82) is 0 Å². The van der Waals surface area contributed by atoms with Crippen molar-refractivity contribution in [1.82, 2.24) is 5.32 Å². The molecule has 1 heterocycles. The molecule has 0 spiro atoms. The first-order valence-corrected chi connectivity index (χ1v) is 9.66. The molecule has 1 aromatic carbocycles. The van der Waals surface area contributed by atoms with Gasteiger partial charge in [0.2, 0.25) is 5.90 Å². The molecule has 1 aliphatic heterocycles. The van der Waals surface area contributed by atoms with Crippen LogP contribution in [0.5, 0.6) is 0 Å². The van der Waals surface area contributed by atoms with E-state index in [2.05, 4.69) is 22.2 Å². The van der Waals surface area contributed by atoms with Gasteiger partial charge in [0, 0.05) is 5.54 Å². The summed E-state index contributed by atoms with van der Waals surface area (Å²) in [5, 5.41) is 6.46. The second kappa shape index (κ2) is 5.86. The van der Waals surface area contributed by atoms with Crippen LogP contribution in [0.25, 0.3) is 0 Å². The highest BCUT2D eigenvalue weighted by Gasteiger charge is 2.51. The lowest BCUT2D eigenvalue weighted by atomic mass is 9.53. The second-order valence-electron chi connectivity index (χ2n) is 8.57. The van der Waals surface area contributed by atoms with Crippen LogP contribution in [0.3, 0.4) is 0 Å². The summed E-state index contributed by atoms with van der Waals surface area (Å²) >= 11 is 0. The maximum atomic E-state index is 12.6. The lowest BCUT2D eigenvalue weighted by Gasteiger charge is -2.56. The Labute approximate surface area is 153 Å². The molecule has 5 heteroatoms. The number of hydrogen-bond donors (Lipinski definition) is 2. The molecule has 1 aromatic rings. The van der Waals surface area contributed by atoms with Crippen molar-refractivity contribution in [3.63, 3.8) is 0 Å². The molecule has 5 aliphatic rings. The number of carbonyl (C=O) groups excluding carboxylic acids is 1. The van der Waals surface area contributed by atoms with E-state index < -0.39 is 0 Å². The number of ether oxygens (including phenoxy) is 1. The molecule has 1 amide bonds. The molecule has 6 rings (SSSR count). The number of benzene rings is 1. The van der Waals surface area contributed by atoms with Crippen LogP contribution in [0.1, 0.15) is 44.1 Å². The first-order valence-electron chi connectivity index (χ1n) is 9.66. The number of fused-ring (bicyclic) bond motifs is 1. The third-order valence-electron chi connectivity index (χ3n) is 6.46. The summed E-state index contributed by atoms with van der Waals surface area (Å²) in [4.78, 5) is 17.0. The van der Waals surface area contributed by atoms with Crippen molar-refractivity contribution in [3.8, 4) is 0 Å². The zero-order chi connectivity index (χ0) is 17.7. The van der Waals surface area contributed by atoms with Gasteiger partial charge in [0.05, 0.1) is 11.3 Å². The number of aliphatic imine (C=N–C) groups is 1. The van der Waals surface area contributed by atoms with Gasteiger partial charge >= 0.3 is 0 Å². The minimum absolute atomic E-state index is 0.00218. The molecule has 4 saturated carbocycles. The smallest absolute Gasteiger partial charge is 0.258 e. The fourth-order valence-electron chi connectivity index (χ4n) is 5.98. The van der Waals surface area contributed by atoms with Crippen molar-refractivity contribution in [2.45, 2.75) is 44.1 Å². The highest BCUT2D eigenvalue weighted by Crippen LogP contribution is 2.55. The Bertz CT molecular complexity index is 763. The second-order valence-corrected chi connectivity index (χ2v) is 8.57. The largest absolute Gasteiger partial charge is 0.467 e. The Morgan fingerprint density at radius 3 is 2.54 bits per heavy atom. The zero-order valence-electron chi connectivity index (χ0n) is 15.0. The highest BCUT2D eigenvalue weighted by atomic mass is 16.5. The molecule has 0 saturated heterocycles. The maximum Gasteiger partial charge on any atom is 0.258 e. The fourth-order valence-corrected chi connectivity index (χ4v) is 5.98. The maximum absolute atomic E-state index is 12.6. The van der Waals surface area contributed by atoms with E-state index in [1.165, 1.54) is 19.3 Å². The van der Waals surface area contributed by atoms with Crippen molar-refractivity contribution in [3.05, 3.63) is 42.2 Å². The van der Waals surface area contributed by atoms with Crippen LogP contribution >= 0.6 is 0 Å². The molecule has 136 valence electrons. The third-order valence-corrected chi connectivity index (χ3v) is 6.46.